The van der Waals surface area contributed by atoms with Gasteiger partial charge in [0.2, 0.25) is 0 Å². The largest absolute Gasteiger partial charge is 0.384 e. The molecule has 90 valence electrons. The number of nitrogens with one attached hydrogen (secondary N) is 1. The molecule has 1 aromatic carbocycles. The highest BCUT2D eigenvalue weighted by molar-refractivity contribution is 5.28. The Balaban J connectivity index is 2.71. The molecule has 0 aromatic heterocycles. The molecule has 0 heterocycles. The normalized spacial score (nSPS) is 14.8. The van der Waals surface area contributed by atoms with E-state index in [2.05, 4.69) is 43.4 Å². The van der Waals surface area contributed by atoms with Crippen LogP contribution in [-0.4, -0.2) is 20.8 Å². The summed E-state index contributed by atoms with van der Waals surface area (Å²) in [6.07, 6.45) is 1.11. The van der Waals surface area contributed by atoms with Crippen LogP contribution in [0, 0.1) is 12.8 Å². The molecule has 0 aliphatic heterocycles. The molecule has 0 radical (unpaired) electrons. The van der Waals surface area contributed by atoms with Crippen LogP contribution in [0.5, 0.6) is 0 Å². The van der Waals surface area contributed by atoms with Gasteiger partial charge in [-0.1, -0.05) is 31.2 Å². The van der Waals surface area contributed by atoms with Crippen LogP contribution in [0.1, 0.15) is 30.5 Å². The first-order valence-corrected chi connectivity index (χ1v) is 5.90. The van der Waals surface area contributed by atoms with E-state index in [-0.39, 0.29) is 0 Å². The van der Waals surface area contributed by atoms with Crippen molar-refractivity contribution in [2.24, 2.45) is 5.92 Å². The molecule has 0 saturated carbocycles. The predicted molar refractivity (Wildman–Crippen MR) is 68.6 cm³/mol. The lowest BCUT2D eigenvalue weighted by molar-refractivity contribution is 0.150. The van der Waals surface area contributed by atoms with Gasteiger partial charge in [0.1, 0.15) is 0 Å². The minimum absolute atomic E-state index is 0.423. The molecule has 1 N–H and O–H groups in total. The molecular weight excluding hydrogens is 198 g/mol. The van der Waals surface area contributed by atoms with Crippen LogP contribution in [0.3, 0.4) is 0 Å². The van der Waals surface area contributed by atoms with Gasteiger partial charge in [0.05, 0.1) is 0 Å². The van der Waals surface area contributed by atoms with Crippen LogP contribution in [0.4, 0.5) is 0 Å². The maximum atomic E-state index is 5.19. The van der Waals surface area contributed by atoms with E-state index in [9.17, 15) is 0 Å². The molecule has 1 aromatic rings. The third-order valence-electron chi connectivity index (χ3n) is 3.00. The number of methoxy groups -OCH3 is 1. The Bertz CT molecular complexity index is 311. The summed E-state index contributed by atoms with van der Waals surface area (Å²) in [5.41, 5.74) is 2.75. The van der Waals surface area contributed by atoms with Gasteiger partial charge in [0, 0.05) is 19.8 Å². The summed E-state index contributed by atoms with van der Waals surface area (Å²) in [5, 5.41) is 3.39. The van der Waals surface area contributed by atoms with E-state index in [4.69, 9.17) is 4.74 Å². The van der Waals surface area contributed by atoms with Crippen molar-refractivity contribution in [1.29, 1.82) is 0 Å². The molecule has 0 bridgehead atoms. The van der Waals surface area contributed by atoms with E-state index in [0.717, 1.165) is 13.0 Å². The van der Waals surface area contributed by atoms with Crippen LogP contribution in [-0.2, 0) is 4.74 Å². The zero-order valence-corrected chi connectivity index (χ0v) is 10.8. The van der Waals surface area contributed by atoms with Crippen molar-refractivity contribution >= 4 is 0 Å². The Morgan fingerprint density at radius 3 is 2.56 bits per heavy atom. The number of hydrogen-bond donors (Lipinski definition) is 1. The van der Waals surface area contributed by atoms with Gasteiger partial charge in [0.25, 0.3) is 0 Å². The quantitative estimate of drug-likeness (QED) is 0.797. The molecular formula is C14H23NO. The average Bonchev–Trinajstić information content (AvgIpc) is 2.27. The van der Waals surface area contributed by atoms with Crippen molar-refractivity contribution in [3.63, 3.8) is 0 Å². The van der Waals surface area contributed by atoms with E-state index in [1.165, 1.54) is 11.1 Å². The van der Waals surface area contributed by atoms with Gasteiger partial charge < -0.3 is 10.1 Å². The van der Waals surface area contributed by atoms with Gasteiger partial charge >= 0.3 is 0 Å². The summed E-state index contributed by atoms with van der Waals surface area (Å²) in [7, 11) is 3.79. The van der Waals surface area contributed by atoms with Crippen LogP contribution in [0.25, 0.3) is 0 Å². The van der Waals surface area contributed by atoms with Crippen molar-refractivity contribution in [2.75, 3.05) is 20.8 Å². The summed E-state index contributed by atoms with van der Waals surface area (Å²) >= 11 is 0. The fourth-order valence-electron chi connectivity index (χ4n) is 2.13. The van der Waals surface area contributed by atoms with Gasteiger partial charge in [0.15, 0.2) is 0 Å². The SMILES string of the molecule is CNC(CC(C)COC)c1ccccc1C. The molecule has 0 saturated heterocycles. The Kier molecular flexibility index (Phi) is 5.50. The number of rotatable bonds is 6. The maximum absolute atomic E-state index is 5.19. The molecule has 16 heavy (non-hydrogen) atoms. The molecule has 0 aliphatic rings. The van der Waals surface area contributed by atoms with Crippen LogP contribution >= 0.6 is 0 Å². The number of ether oxygens (including phenoxy) is 1. The van der Waals surface area contributed by atoms with E-state index in [1.807, 2.05) is 7.05 Å². The lowest BCUT2D eigenvalue weighted by Gasteiger charge is -2.22. The van der Waals surface area contributed by atoms with E-state index < -0.39 is 0 Å². The lowest BCUT2D eigenvalue weighted by Crippen LogP contribution is -2.21. The first-order valence-electron chi connectivity index (χ1n) is 5.90. The first kappa shape index (κ1) is 13.2. The smallest absolute Gasteiger partial charge is 0.0488 e. The van der Waals surface area contributed by atoms with E-state index in [1.54, 1.807) is 7.11 Å². The highest BCUT2D eigenvalue weighted by atomic mass is 16.5. The summed E-state index contributed by atoms with van der Waals surface area (Å²) in [5.74, 6) is 0.571. The summed E-state index contributed by atoms with van der Waals surface area (Å²) < 4.78 is 5.19. The Labute approximate surface area is 99.0 Å². The van der Waals surface area contributed by atoms with Crippen LogP contribution < -0.4 is 5.32 Å². The van der Waals surface area contributed by atoms with Crippen molar-refractivity contribution in [2.45, 2.75) is 26.3 Å². The second kappa shape index (κ2) is 6.66. The molecule has 2 atom stereocenters. The molecule has 2 nitrogen and oxygen atoms in total. The van der Waals surface area contributed by atoms with Crippen LogP contribution in [0.15, 0.2) is 24.3 Å². The molecule has 0 spiro atoms. The Hall–Kier alpha value is -0.860. The minimum atomic E-state index is 0.423. The predicted octanol–water partition coefficient (Wildman–Crippen LogP) is 2.93. The third-order valence-corrected chi connectivity index (χ3v) is 3.00. The van der Waals surface area contributed by atoms with Gasteiger partial charge in [-0.25, -0.2) is 0 Å². The topological polar surface area (TPSA) is 21.3 Å². The molecule has 0 fully saturated rings. The van der Waals surface area contributed by atoms with Crippen molar-refractivity contribution < 1.29 is 4.74 Å². The minimum Gasteiger partial charge on any atom is -0.384 e. The zero-order valence-electron chi connectivity index (χ0n) is 10.8. The average molecular weight is 221 g/mol. The lowest BCUT2D eigenvalue weighted by atomic mass is 9.93. The number of hydrogen-bond acceptors (Lipinski definition) is 2. The zero-order chi connectivity index (χ0) is 12.0. The van der Waals surface area contributed by atoms with Crippen molar-refractivity contribution in [3.05, 3.63) is 35.4 Å². The maximum Gasteiger partial charge on any atom is 0.0488 e. The van der Waals surface area contributed by atoms with Gasteiger partial charge in [-0.2, -0.15) is 0 Å². The molecule has 2 heteroatoms. The summed E-state index contributed by atoms with van der Waals surface area (Å²) in [6, 6.07) is 8.99. The van der Waals surface area contributed by atoms with Crippen LogP contribution in [0.2, 0.25) is 0 Å². The third kappa shape index (κ3) is 3.62. The fraction of sp³-hybridized carbons (Fsp3) is 0.571. The van der Waals surface area contributed by atoms with Crippen molar-refractivity contribution in [1.82, 2.24) is 5.32 Å². The number of benzene rings is 1. The second-order valence-electron chi connectivity index (χ2n) is 4.49. The molecule has 2 unspecified atom stereocenters. The Morgan fingerprint density at radius 1 is 1.31 bits per heavy atom. The van der Waals surface area contributed by atoms with Gasteiger partial charge in [-0.15, -0.1) is 0 Å². The van der Waals surface area contributed by atoms with Gasteiger partial charge in [-0.05, 0) is 37.4 Å². The number of aryl methyl sites for hydroxylation is 1. The van der Waals surface area contributed by atoms with Gasteiger partial charge in [-0.3, -0.25) is 0 Å². The summed E-state index contributed by atoms with van der Waals surface area (Å²) in [6.45, 7) is 5.22. The Morgan fingerprint density at radius 2 is 2.00 bits per heavy atom. The fourth-order valence-corrected chi connectivity index (χ4v) is 2.13. The standard InChI is InChI=1S/C14H23NO/c1-11(10-16-4)9-14(15-3)13-8-6-5-7-12(13)2/h5-8,11,14-15H,9-10H2,1-4H3. The molecule has 0 amide bonds. The second-order valence-corrected chi connectivity index (χ2v) is 4.49. The molecule has 1 rings (SSSR count). The summed E-state index contributed by atoms with van der Waals surface area (Å²) in [4.78, 5) is 0. The van der Waals surface area contributed by atoms with Crippen molar-refractivity contribution in [3.8, 4) is 0 Å². The monoisotopic (exact) mass is 221 g/mol. The highest BCUT2D eigenvalue weighted by Gasteiger charge is 2.14. The highest BCUT2D eigenvalue weighted by Crippen LogP contribution is 2.23. The van der Waals surface area contributed by atoms with E-state index >= 15 is 0 Å². The molecule has 0 aliphatic carbocycles. The van der Waals surface area contributed by atoms with E-state index in [0.29, 0.717) is 12.0 Å². The first-order chi connectivity index (χ1) is 7.69.